The van der Waals surface area contributed by atoms with E-state index in [0.717, 1.165) is 23.2 Å². The number of carboxylic acids is 1. The van der Waals surface area contributed by atoms with Crippen LogP contribution in [0.1, 0.15) is 27.0 Å². The van der Waals surface area contributed by atoms with E-state index in [-0.39, 0.29) is 5.56 Å². The number of nitrogens with one attached hydrogen (secondary N) is 1. The second-order valence-corrected chi connectivity index (χ2v) is 7.92. The quantitative estimate of drug-likeness (QED) is 0.850. The lowest BCUT2D eigenvalue weighted by Crippen LogP contribution is -2.32. The molecule has 1 heterocycles. The van der Waals surface area contributed by atoms with Gasteiger partial charge in [0.2, 0.25) is 10.0 Å². The number of carbonyl (C=O) groups is 1. The first-order valence-corrected chi connectivity index (χ1v) is 9.48. The minimum absolute atomic E-state index is 0.273. The number of hydrogen-bond donors (Lipinski definition) is 2. The highest BCUT2D eigenvalue weighted by Gasteiger charge is 2.24. The van der Waals surface area contributed by atoms with Gasteiger partial charge in [0.1, 0.15) is 0 Å². The summed E-state index contributed by atoms with van der Waals surface area (Å²) in [6, 6.07) is 12.2. The van der Waals surface area contributed by atoms with Gasteiger partial charge in [0, 0.05) is 19.6 Å². The van der Waals surface area contributed by atoms with Crippen LogP contribution in [-0.2, 0) is 29.5 Å². The fourth-order valence-electron chi connectivity index (χ4n) is 3.14. The lowest BCUT2D eigenvalue weighted by atomic mass is 9.99. The fraction of sp³-hybridized carbons (Fsp3) is 0.278. The average molecular weight is 360 g/mol. The maximum Gasteiger partial charge on any atom is 0.335 e. The van der Waals surface area contributed by atoms with Crippen LogP contribution >= 0.6 is 0 Å². The van der Waals surface area contributed by atoms with E-state index in [4.69, 9.17) is 5.11 Å². The highest BCUT2D eigenvalue weighted by Crippen LogP contribution is 2.26. The summed E-state index contributed by atoms with van der Waals surface area (Å²) in [4.78, 5) is 13.5. The van der Waals surface area contributed by atoms with Crippen LogP contribution < -0.4 is 4.72 Å². The van der Waals surface area contributed by atoms with E-state index < -0.39 is 16.0 Å². The first-order valence-electron chi connectivity index (χ1n) is 7.99. The van der Waals surface area contributed by atoms with Crippen molar-refractivity contribution in [3.8, 4) is 0 Å². The van der Waals surface area contributed by atoms with Crippen molar-refractivity contribution in [3.05, 3.63) is 64.7 Å². The maximum absolute atomic E-state index is 12.2. The number of benzene rings is 2. The predicted molar refractivity (Wildman–Crippen MR) is 93.9 cm³/mol. The molecule has 0 bridgehead atoms. The molecule has 2 N–H and O–H groups in total. The lowest BCUT2D eigenvalue weighted by Gasteiger charge is -2.30. The van der Waals surface area contributed by atoms with Crippen molar-refractivity contribution < 1.29 is 18.3 Å². The maximum atomic E-state index is 12.2. The third kappa shape index (κ3) is 3.73. The molecule has 6 nitrogen and oxygen atoms in total. The molecule has 132 valence electrons. The summed E-state index contributed by atoms with van der Waals surface area (Å²) in [5, 5.41) is 8.95. The Kier molecular flexibility index (Phi) is 4.89. The lowest BCUT2D eigenvalue weighted by molar-refractivity contribution is 0.0697. The molecule has 0 unspecified atom stereocenters. The van der Waals surface area contributed by atoms with E-state index in [2.05, 4.69) is 9.62 Å². The summed E-state index contributed by atoms with van der Waals surface area (Å²) in [5.41, 5.74) is 3.21. The Morgan fingerprint density at radius 1 is 1.20 bits per heavy atom. The Hall–Kier alpha value is -2.22. The topological polar surface area (TPSA) is 86.7 Å². The Morgan fingerprint density at radius 2 is 1.92 bits per heavy atom. The Labute approximate surface area is 147 Å². The van der Waals surface area contributed by atoms with Gasteiger partial charge < -0.3 is 5.11 Å². The van der Waals surface area contributed by atoms with Crippen molar-refractivity contribution in [1.29, 1.82) is 0 Å². The molecule has 1 aliphatic rings. The van der Waals surface area contributed by atoms with Crippen LogP contribution in [0, 0.1) is 0 Å². The van der Waals surface area contributed by atoms with Gasteiger partial charge in [-0.15, -0.1) is 0 Å². The molecule has 0 saturated carbocycles. The SMILES string of the molecule is CNS(=O)(=O)c1cccc2c1CCN(Cc1ccc(C(=O)O)cc1)C2. The van der Waals surface area contributed by atoms with Gasteiger partial charge >= 0.3 is 5.97 Å². The third-order valence-corrected chi connectivity index (χ3v) is 5.97. The van der Waals surface area contributed by atoms with Gasteiger partial charge in [-0.05, 0) is 48.4 Å². The van der Waals surface area contributed by atoms with Crippen LogP contribution in [-0.4, -0.2) is 38.0 Å². The normalized spacial score (nSPS) is 14.9. The number of aromatic carboxylic acids is 1. The molecule has 0 saturated heterocycles. The molecular weight excluding hydrogens is 340 g/mol. The van der Waals surface area contributed by atoms with Crippen molar-refractivity contribution in [1.82, 2.24) is 9.62 Å². The summed E-state index contributed by atoms with van der Waals surface area (Å²) in [6.07, 6.45) is 0.666. The van der Waals surface area contributed by atoms with E-state index in [1.807, 2.05) is 18.2 Å². The van der Waals surface area contributed by atoms with E-state index >= 15 is 0 Å². The molecule has 25 heavy (non-hydrogen) atoms. The Morgan fingerprint density at radius 3 is 2.56 bits per heavy atom. The summed E-state index contributed by atoms with van der Waals surface area (Å²) in [5.74, 6) is -0.934. The standard InChI is InChI=1S/C18H20N2O4S/c1-19-25(23,24)17-4-2-3-15-12-20(10-9-16(15)17)11-13-5-7-14(8-6-13)18(21)22/h2-8,19H,9-12H2,1H3,(H,21,22). The third-order valence-electron chi connectivity index (χ3n) is 4.47. The highest BCUT2D eigenvalue weighted by atomic mass is 32.2. The number of hydrogen-bond acceptors (Lipinski definition) is 4. The number of sulfonamides is 1. The van der Waals surface area contributed by atoms with Crippen molar-refractivity contribution in [2.45, 2.75) is 24.4 Å². The second kappa shape index (κ2) is 6.95. The Bertz CT molecular complexity index is 892. The highest BCUT2D eigenvalue weighted by molar-refractivity contribution is 7.89. The predicted octanol–water partition coefficient (Wildman–Crippen LogP) is 1.85. The van der Waals surface area contributed by atoms with Crippen molar-refractivity contribution >= 4 is 16.0 Å². The molecule has 0 aromatic heterocycles. The van der Waals surface area contributed by atoms with Crippen molar-refractivity contribution in [3.63, 3.8) is 0 Å². The zero-order chi connectivity index (χ0) is 18.0. The molecule has 2 aromatic carbocycles. The first kappa shape index (κ1) is 17.6. The van der Waals surface area contributed by atoms with E-state index in [9.17, 15) is 13.2 Å². The number of nitrogens with zero attached hydrogens (tertiary/aromatic N) is 1. The molecule has 3 rings (SSSR count). The molecule has 0 radical (unpaired) electrons. The van der Waals surface area contributed by atoms with Crippen LogP contribution in [0.25, 0.3) is 0 Å². The van der Waals surface area contributed by atoms with Gasteiger partial charge in [-0.25, -0.2) is 17.9 Å². The summed E-state index contributed by atoms with van der Waals surface area (Å²) in [7, 11) is -2.03. The summed E-state index contributed by atoms with van der Waals surface area (Å²) >= 11 is 0. The first-order chi connectivity index (χ1) is 11.9. The van der Waals surface area contributed by atoms with Crippen LogP contribution in [0.2, 0.25) is 0 Å². The van der Waals surface area contributed by atoms with E-state index in [1.165, 1.54) is 7.05 Å². The van der Waals surface area contributed by atoms with Gasteiger partial charge in [0.15, 0.2) is 0 Å². The average Bonchev–Trinajstić information content (AvgIpc) is 2.61. The van der Waals surface area contributed by atoms with E-state index in [0.29, 0.717) is 24.4 Å². The zero-order valence-electron chi connectivity index (χ0n) is 13.9. The van der Waals surface area contributed by atoms with Gasteiger partial charge in [0.05, 0.1) is 10.5 Å². The molecule has 7 heteroatoms. The molecule has 0 atom stereocenters. The molecule has 0 aliphatic carbocycles. The smallest absolute Gasteiger partial charge is 0.335 e. The molecule has 0 spiro atoms. The number of fused-ring (bicyclic) bond motifs is 1. The Balaban J connectivity index is 1.78. The molecule has 2 aromatic rings. The van der Waals surface area contributed by atoms with Crippen LogP contribution in [0.4, 0.5) is 0 Å². The van der Waals surface area contributed by atoms with Gasteiger partial charge in [-0.1, -0.05) is 24.3 Å². The molecular formula is C18H20N2O4S. The largest absolute Gasteiger partial charge is 0.478 e. The van der Waals surface area contributed by atoms with Crippen LogP contribution in [0.5, 0.6) is 0 Å². The van der Waals surface area contributed by atoms with Crippen LogP contribution in [0.3, 0.4) is 0 Å². The van der Waals surface area contributed by atoms with Crippen molar-refractivity contribution in [2.24, 2.45) is 0 Å². The minimum Gasteiger partial charge on any atom is -0.478 e. The molecule has 0 fully saturated rings. The van der Waals surface area contributed by atoms with Gasteiger partial charge in [0.25, 0.3) is 0 Å². The number of carboxylic acid groups (broad SMARTS) is 1. The zero-order valence-corrected chi connectivity index (χ0v) is 14.7. The van der Waals surface area contributed by atoms with E-state index in [1.54, 1.807) is 24.3 Å². The van der Waals surface area contributed by atoms with Crippen LogP contribution in [0.15, 0.2) is 47.4 Å². The molecule has 1 aliphatic heterocycles. The minimum atomic E-state index is -3.45. The molecule has 0 amide bonds. The van der Waals surface area contributed by atoms with Gasteiger partial charge in [-0.3, -0.25) is 4.90 Å². The second-order valence-electron chi connectivity index (χ2n) is 6.06. The fourth-order valence-corrected chi connectivity index (χ4v) is 4.18. The number of rotatable bonds is 5. The summed E-state index contributed by atoms with van der Waals surface area (Å²) in [6.45, 7) is 2.12. The monoisotopic (exact) mass is 360 g/mol. The van der Waals surface area contributed by atoms with Crippen molar-refractivity contribution in [2.75, 3.05) is 13.6 Å². The van der Waals surface area contributed by atoms with Gasteiger partial charge in [-0.2, -0.15) is 0 Å². The summed E-state index contributed by atoms with van der Waals surface area (Å²) < 4.78 is 26.7.